The van der Waals surface area contributed by atoms with E-state index in [0.29, 0.717) is 12.8 Å². The molecule has 10 heteroatoms. The second kappa shape index (κ2) is 46.9. The minimum atomic E-state index is -4.40. The Hall–Kier alpha value is -2.55. The Kier molecular flexibility index (Phi) is 45.0. The van der Waals surface area contributed by atoms with Gasteiger partial charge >= 0.3 is 19.8 Å². The first-order chi connectivity index (χ1) is 29.8. The van der Waals surface area contributed by atoms with Crippen molar-refractivity contribution in [3.05, 3.63) is 72.9 Å². The molecule has 0 rings (SSSR count). The Morgan fingerprint density at radius 1 is 0.508 bits per heavy atom. The monoisotopic (exact) mass is 876 g/mol. The van der Waals surface area contributed by atoms with Crippen molar-refractivity contribution in [1.82, 2.24) is 0 Å². The Balaban J connectivity index is 4.16. The van der Waals surface area contributed by atoms with Gasteiger partial charge in [-0.15, -0.1) is 0 Å². The molecule has 0 aliphatic rings. The van der Waals surface area contributed by atoms with Crippen LogP contribution >= 0.6 is 7.82 Å². The molecule has 0 bridgehead atoms. The van der Waals surface area contributed by atoms with Crippen molar-refractivity contribution in [1.29, 1.82) is 0 Å². The lowest BCUT2D eigenvalue weighted by Crippen LogP contribution is -2.29. The maximum absolute atomic E-state index is 12.6. The van der Waals surface area contributed by atoms with E-state index in [9.17, 15) is 19.0 Å². The number of allylic oxidation sites excluding steroid dienone is 12. The summed E-state index contributed by atoms with van der Waals surface area (Å²) in [6.07, 6.45) is 58.2. The van der Waals surface area contributed by atoms with E-state index in [-0.39, 0.29) is 32.6 Å². The third-order valence-corrected chi connectivity index (χ3v) is 11.1. The van der Waals surface area contributed by atoms with Crippen molar-refractivity contribution in [3.63, 3.8) is 0 Å². The molecule has 61 heavy (non-hydrogen) atoms. The van der Waals surface area contributed by atoms with Gasteiger partial charge in [0.1, 0.15) is 6.61 Å². The topological polar surface area (TPSA) is 134 Å². The van der Waals surface area contributed by atoms with Gasteiger partial charge in [0.2, 0.25) is 0 Å². The molecule has 0 radical (unpaired) electrons. The van der Waals surface area contributed by atoms with Gasteiger partial charge in [0, 0.05) is 19.4 Å². The van der Waals surface area contributed by atoms with Crippen LogP contribution in [0.15, 0.2) is 72.9 Å². The highest BCUT2D eigenvalue weighted by molar-refractivity contribution is 7.47. The van der Waals surface area contributed by atoms with Gasteiger partial charge < -0.3 is 20.1 Å². The van der Waals surface area contributed by atoms with E-state index < -0.39 is 32.5 Å². The molecule has 0 aliphatic heterocycles. The van der Waals surface area contributed by atoms with Crippen LogP contribution in [0.2, 0.25) is 0 Å². The number of esters is 2. The molecule has 0 aromatic heterocycles. The Bertz CT molecular complexity index is 1230. The number of rotatable bonds is 45. The summed E-state index contributed by atoms with van der Waals surface area (Å²) in [5, 5.41) is 0. The summed E-state index contributed by atoms with van der Waals surface area (Å²) < 4.78 is 32.8. The van der Waals surface area contributed by atoms with Crippen LogP contribution in [0.4, 0.5) is 0 Å². The smallest absolute Gasteiger partial charge is 0.462 e. The first-order valence-electron chi connectivity index (χ1n) is 24.4. The number of unbranched alkanes of at least 4 members (excludes halogenated alkanes) is 20. The highest BCUT2D eigenvalue weighted by atomic mass is 31.2. The fourth-order valence-electron chi connectivity index (χ4n) is 6.50. The molecule has 0 saturated heterocycles. The summed E-state index contributed by atoms with van der Waals surface area (Å²) >= 11 is 0. The minimum Gasteiger partial charge on any atom is -0.462 e. The van der Waals surface area contributed by atoms with E-state index in [4.69, 9.17) is 24.3 Å². The molecule has 1 unspecified atom stereocenters. The standard InChI is InChI=1S/C51H90NO8P/c1-3-5-7-9-11-13-15-17-19-21-22-23-24-25-26-28-30-32-34-36-38-40-42-44-51(54)60-49(48-59-61(55,56)58-46-45-52)47-57-50(53)43-41-39-37-35-33-31-29-27-20-18-16-14-12-10-8-6-4-2/h6,8,12,14,18,20,29,31,35-38,49H,3-5,7,9-11,13,15-17,19,21-28,30,32-34,39-48,52H2,1-2H3,(H,55,56)/b8-6+,14-12+,20-18+,31-29+,37-35+,38-36+/t49-/m1/s1. The van der Waals surface area contributed by atoms with Crippen molar-refractivity contribution < 1.29 is 37.6 Å². The summed E-state index contributed by atoms with van der Waals surface area (Å²) in [7, 11) is -4.40. The molecule has 0 amide bonds. The van der Waals surface area contributed by atoms with Crippen molar-refractivity contribution in [2.24, 2.45) is 5.73 Å². The Labute approximate surface area is 373 Å². The number of phosphoric ester groups is 1. The van der Waals surface area contributed by atoms with E-state index in [1.54, 1.807) is 0 Å². The number of hydrogen-bond acceptors (Lipinski definition) is 8. The van der Waals surface area contributed by atoms with Crippen molar-refractivity contribution >= 4 is 19.8 Å². The SMILES string of the molecule is CC/C=C/C/C=C/C/C=C/C/C=C/C/C=C/CCCC(=O)OC[C@H](COP(=O)(O)OCCN)OC(=O)CCC/C=C/CCCCCCCCCCCCCCCCCCCC. The quantitative estimate of drug-likeness (QED) is 0.0265. The maximum Gasteiger partial charge on any atom is 0.472 e. The molecule has 2 atom stereocenters. The summed E-state index contributed by atoms with van der Waals surface area (Å²) in [5.74, 6) is -0.935. The van der Waals surface area contributed by atoms with E-state index in [0.717, 1.165) is 51.4 Å². The third-order valence-electron chi connectivity index (χ3n) is 10.1. The normalized spacial score (nSPS) is 13.8. The zero-order valence-electron chi connectivity index (χ0n) is 38.9. The van der Waals surface area contributed by atoms with Crippen molar-refractivity contribution in [2.45, 2.75) is 213 Å². The van der Waals surface area contributed by atoms with Crippen LogP contribution in [0.3, 0.4) is 0 Å². The first kappa shape index (κ1) is 58.5. The lowest BCUT2D eigenvalue weighted by molar-refractivity contribution is -0.161. The van der Waals surface area contributed by atoms with Crippen LogP contribution in [0, 0.1) is 0 Å². The van der Waals surface area contributed by atoms with E-state index in [2.05, 4.69) is 80.7 Å². The average molecular weight is 876 g/mol. The van der Waals surface area contributed by atoms with Gasteiger partial charge in [-0.1, -0.05) is 196 Å². The van der Waals surface area contributed by atoms with Crippen molar-refractivity contribution in [3.8, 4) is 0 Å². The summed E-state index contributed by atoms with van der Waals surface area (Å²) in [6, 6.07) is 0. The first-order valence-corrected chi connectivity index (χ1v) is 25.9. The van der Waals surface area contributed by atoms with Gasteiger partial charge in [-0.25, -0.2) is 4.57 Å². The molecule has 0 aliphatic carbocycles. The number of phosphoric acid groups is 1. The summed E-state index contributed by atoms with van der Waals surface area (Å²) in [5.41, 5.74) is 5.35. The molecular formula is C51H90NO8P. The molecule has 9 nitrogen and oxygen atoms in total. The number of hydrogen-bond donors (Lipinski definition) is 2. The van der Waals surface area contributed by atoms with Crippen LogP contribution in [-0.2, 0) is 32.7 Å². The van der Waals surface area contributed by atoms with E-state index in [1.807, 2.05) is 6.08 Å². The zero-order chi connectivity index (χ0) is 44.6. The minimum absolute atomic E-state index is 0.0393. The number of carbonyl (C=O) groups excluding carboxylic acids is 2. The Morgan fingerprint density at radius 3 is 1.36 bits per heavy atom. The summed E-state index contributed by atoms with van der Waals surface area (Å²) in [6.45, 7) is 3.54. The fraction of sp³-hybridized carbons (Fsp3) is 0.725. The zero-order valence-corrected chi connectivity index (χ0v) is 39.8. The summed E-state index contributed by atoms with van der Waals surface area (Å²) in [4.78, 5) is 34.9. The second-order valence-electron chi connectivity index (χ2n) is 15.9. The van der Waals surface area contributed by atoms with Crippen molar-refractivity contribution in [2.75, 3.05) is 26.4 Å². The number of nitrogens with two attached hydrogens (primary N) is 1. The highest BCUT2D eigenvalue weighted by Crippen LogP contribution is 2.43. The van der Waals surface area contributed by atoms with Gasteiger partial charge in [-0.2, -0.15) is 0 Å². The molecular weight excluding hydrogens is 786 g/mol. The maximum atomic E-state index is 12.6. The van der Waals surface area contributed by atoms with Gasteiger partial charge in [-0.05, 0) is 70.6 Å². The molecule has 0 aromatic carbocycles. The fourth-order valence-corrected chi connectivity index (χ4v) is 7.26. The largest absolute Gasteiger partial charge is 0.472 e. The molecule has 0 spiro atoms. The molecule has 0 heterocycles. The van der Waals surface area contributed by atoms with Crippen LogP contribution in [0.1, 0.15) is 206 Å². The molecule has 0 fully saturated rings. The van der Waals surface area contributed by atoms with Gasteiger partial charge in [0.25, 0.3) is 0 Å². The highest BCUT2D eigenvalue weighted by Gasteiger charge is 2.25. The third kappa shape index (κ3) is 46.8. The van der Waals surface area contributed by atoms with Gasteiger partial charge in [0.05, 0.1) is 13.2 Å². The molecule has 3 N–H and O–H groups in total. The molecule has 352 valence electrons. The Morgan fingerprint density at radius 2 is 0.902 bits per heavy atom. The number of carbonyl (C=O) groups is 2. The molecule has 0 saturated carbocycles. The van der Waals surface area contributed by atoms with Crippen LogP contribution in [0.5, 0.6) is 0 Å². The van der Waals surface area contributed by atoms with E-state index in [1.165, 1.54) is 116 Å². The van der Waals surface area contributed by atoms with Crippen LogP contribution < -0.4 is 5.73 Å². The average Bonchev–Trinajstić information content (AvgIpc) is 3.25. The van der Waals surface area contributed by atoms with Gasteiger partial charge in [0.15, 0.2) is 6.10 Å². The van der Waals surface area contributed by atoms with E-state index >= 15 is 0 Å². The predicted molar refractivity (Wildman–Crippen MR) is 256 cm³/mol. The lowest BCUT2D eigenvalue weighted by Gasteiger charge is -2.19. The number of ether oxygens (including phenoxy) is 2. The van der Waals surface area contributed by atoms with Crippen LogP contribution in [0.25, 0.3) is 0 Å². The van der Waals surface area contributed by atoms with Gasteiger partial charge in [-0.3, -0.25) is 18.6 Å². The lowest BCUT2D eigenvalue weighted by atomic mass is 10.0. The molecule has 0 aromatic rings. The second-order valence-corrected chi connectivity index (χ2v) is 17.4. The van der Waals surface area contributed by atoms with Crippen LogP contribution in [-0.4, -0.2) is 49.3 Å². The predicted octanol–water partition coefficient (Wildman–Crippen LogP) is 14.6.